The summed E-state index contributed by atoms with van der Waals surface area (Å²) >= 11 is 0. The van der Waals surface area contributed by atoms with Crippen LogP contribution in [-0.4, -0.2) is 23.6 Å². The van der Waals surface area contributed by atoms with E-state index in [2.05, 4.69) is 20.4 Å². The van der Waals surface area contributed by atoms with Gasteiger partial charge in [-0.05, 0) is 74.5 Å². The Labute approximate surface area is 212 Å². The number of hydrogen-bond acceptors (Lipinski definition) is 6. The van der Waals surface area contributed by atoms with Gasteiger partial charge in [-0.3, -0.25) is 9.98 Å². The van der Waals surface area contributed by atoms with Gasteiger partial charge in [0.25, 0.3) is 0 Å². The molecule has 37 heavy (non-hydrogen) atoms. The predicted molar refractivity (Wildman–Crippen MR) is 141 cm³/mol. The molecule has 0 radical (unpaired) electrons. The summed E-state index contributed by atoms with van der Waals surface area (Å²) in [4.78, 5) is 10.9. The summed E-state index contributed by atoms with van der Waals surface area (Å²) in [6, 6.07) is 21.4. The number of alkyl halides is 3. The zero-order valence-electron chi connectivity index (χ0n) is 20.1. The Bertz CT molecular complexity index is 1420. The number of benzene rings is 3. The second-order valence-electron chi connectivity index (χ2n) is 8.75. The first-order valence-electron chi connectivity index (χ1n) is 11.7. The standard InChI is InChI=1S/C28H24F3N5O/c1-18(2)34-25-15-27-19(14-24(25)35-20-6-5-13-32-17-20)16-33-23-7-3-4-8-26(23)36(27)21-9-11-22(12-10-21)37-28(29,30)31/h3-18,34-35H,1-2H3. The van der Waals surface area contributed by atoms with Crippen molar-refractivity contribution >= 4 is 46.0 Å². The molecule has 2 N–H and O–H groups in total. The van der Waals surface area contributed by atoms with Gasteiger partial charge in [0, 0.05) is 29.7 Å². The molecule has 0 saturated carbocycles. The van der Waals surface area contributed by atoms with Crippen molar-refractivity contribution in [2.45, 2.75) is 26.3 Å². The highest BCUT2D eigenvalue weighted by Gasteiger charge is 2.31. The third-order valence-electron chi connectivity index (χ3n) is 5.59. The maximum absolute atomic E-state index is 12.7. The lowest BCUT2D eigenvalue weighted by atomic mass is 10.1. The molecule has 1 aliphatic rings. The van der Waals surface area contributed by atoms with Crippen LogP contribution in [-0.2, 0) is 0 Å². The lowest BCUT2D eigenvalue weighted by molar-refractivity contribution is -0.274. The van der Waals surface area contributed by atoms with Crippen molar-refractivity contribution in [1.82, 2.24) is 4.98 Å². The van der Waals surface area contributed by atoms with Crippen molar-refractivity contribution in [3.63, 3.8) is 0 Å². The number of aliphatic imine (C=N–C) groups is 1. The normalized spacial score (nSPS) is 12.5. The predicted octanol–water partition coefficient (Wildman–Crippen LogP) is 8.08. The van der Waals surface area contributed by atoms with Crippen LogP contribution in [0.5, 0.6) is 5.75 Å². The highest BCUT2D eigenvalue weighted by Crippen LogP contribution is 2.46. The molecule has 2 heterocycles. The van der Waals surface area contributed by atoms with Crippen molar-refractivity contribution in [2.75, 3.05) is 15.5 Å². The number of ether oxygens (including phenoxy) is 1. The van der Waals surface area contributed by atoms with E-state index in [9.17, 15) is 13.2 Å². The van der Waals surface area contributed by atoms with E-state index in [1.54, 1.807) is 30.7 Å². The highest BCUT2D eigenvalue weighted by molar-refractivity contribution is 6.02. The van der Waals surface area contributed by atoms with Crippen LogP contribution in [0.4, 0.5) is 53.0 Å². The number of rotatable bonds is 6. The zero-order valence-corrected chi connectivity index (χ0v) is 20.1. The Morgan fingerprint density at radius 2 is 1.68 bits per heavy atom. The van der Waals surface area contributed by atoms with Crippen LogP contribution in [0.2, 0.25) is 0 Å². The maximum Gasteiger partial charge on any atom is 0.573 e. The Kier molecular flexibility index (Phi) is 6.43. The average molecular weight is 504 g/mol. The van der Waals surface area contributed by atoms with E-state index in [0.717, 1.165) is 39.7 Å². The van der Waals surface area contributed by atoms with Gasteiger partial charge in [0.1, 0.15) is 5.75 Å². The van der Waals surface area contributed by atoms with Crippen molar-refractivity contribution in [3.8, 4) is 5.75 Å². The first-order chi connectivity index (χ1) is 17.8. The highest BCUT2D eigenvalue weighted by atomic mass is 19.4. The molecule has 0 amide bonds. The molecule has 9 heteroatoms. The quantitative estimate of drug-likeness (QED) is 0.245. The van der Waals surface area contributed by atoms with Gasteiger partial charge in [0.05, 0.1) is 40.3 Å². The fourth-order valence-electron chi connectivity index (χ4n) is 4.13. The third kappa shape index (κ3) is 5.50. The van der Waals surface area contributed by atoms with E-state index >= 15 is 0 Å². The summed E-state index contributed by atoms with van der Waals surface area (Å²) < 4.78 is 42.2. The lowest BCUT2D eigenvalue weighted by Crippen LogP contribution is -2.17. The molecule has 6 nitrogen and oxygen atoms in total. The number of nitrogens with one attached hydrogen (secondary N) is 2. The minimum atomic E-state index is -4.76. The SMILES string of the molecule is CC(C)Nc1cc2c(cc1Nc1cccnc1)C=Nc1ccccc1N2c1ccc(OC(F)(F)F)cc1. The molecule has 3 aromatic carbocycles. The second kappa shape index (κ2) is 9.85. The Morgan fingerprint density at radius 1 is 0.892 bits per heavy atom. The fourth-order valence-corrected chi connectivity index (χ4v) is 4.13. The summed E-state index contributed by atoms with van der Waals surface area (Å²) in [5, 5.41) is 6.92. The molecule has 0 spiro atoms. The number of aromatic nitrogens is 1. The molecule has 0 aliphatic carbocycles. The van der Waals surface area contributed by atoms with Gasteiger partial charge in [0.15, 0.2) is 0 Å². The molecule has 0 unspecified atom stereocenters. The van der Waals surface area contributed by atoms with Gasteiger partial charge in [0.2, 0.25) is 0 Å². The second-order valence-corrected chi connectivity index (χ2v) is 8.75. The van der Waals surface area contributed by atoms with Crippen LogP contribution in [0.15, 0.2) is 90.2 Å². The van der Waals surface area contributed by atoms with Crippen LogP contribution >= 0.6 is 0 Å². The molecule has 188 valence electrons. The van der Waals surface area contributed by atoms with Crippen LogP contribution < -0.4 is 20.3 Å². The number of nitrogens with zero attached hydrogens (tertiary/aromatic N) is 3. The van der Waals surface area contributed by atoms with E-state index in [0.29, 0.717) is 5.69 Å². The summed E-state index contributed by atoms with van der Waals surface area (Å²) in [6.45, 7) is 4.10. The van der Waals surface area contributed by atoms with Gasteiger partial charge < -0.3 is 20.3 Å². The number of anilines is 6. The van der Waals surface area contributed by atoms with Gasteiger partial charge >= 0.3 is 6.36 Å². The van der Waals surface area contributed by atoms with Crippen LogP contribution in [0, 0.1) is 0 Å². The number of fused-ring (bicyclic) bond motifs is 2. The largest absolute Gasteiger partial charge is 0.573 e. The fraction of sp³-hybridized carbons (Fsp3) is 0.143. The minimum Gasteiger partial charge on any atom is -0.406 e. The van der Waals surface area contributed by atoms with Gasteiger partial charge in [-0.2, -0.15) is 0 Å². The molecule has 1 aliphatic heterocycles. The number of pyridine rings is 1. The van der Waals surface area contributed by atoms with Crippen molar-refractivity contribution < 1.29 is 17.9 Å². The maximum atomic E-state index is 12.7. The Morgan fingerprint density at radius 3 is 2.38 bits per heavy atom. The van der Waals surface area contributed by atoms with E-state index in [1.165, 1.54) is 12.1 Å². The molecule has 0 fully saturated rings. The summed E-state index contributed by atoms with van der Waals surface area (Å²) in [7, 11) is 0. The van der Waals surface area contributed by atoms with Gasteiger partial charge in [-0.25, -0.2) is 0 Å². The molecule has 0 atom stereocenters. The molecular weight excluding hydrogens is 479 g/mol. The Hall–Kier alpha value is -4.53. The molecule has 0 saturated heterocycles. The lowest BCUT2D eigenvalue weighted by Gasteiger charge is -2.28. The van der Waals surface area contributed by atoms with Gasteiger partial charge in [-0.1, -0.05) is 12.1 Å². The van der Waals surface area contributed by atoms with E-state index < -0.39 is 6.36 Å². The minimum absolute atomic E-state index is 0.145. The molecule has 5 rings (SSSR count). The first kappa shape index (κ1) is 24.2. The third-order valence-corrected chi connectivity index (χ3v) is 5.59. The zero-order chi connectivity index (χ0) is 26.0. The van der Waals surface area contributed by atoms with Crippen LogP contribution in [0.1, 0.15) is 19.4 Å². The molecule has 0 bridgehead atoms. The monoisotopic (exact) mass is 503 g/mol. The van der Waals surface area contributed by atoms with Crippen LogP contribution in [0.25, 0.3) is 0 Å². The van der Waals surface area contributed by atoms with Crippen molar-refractivity contribution in [1.29, 1.82) is 0 Å². The van der Waals surface area contributed by atoms with Crippen LogP contribution in [0.3, 0.4) is 0 Å². The van der Waals surface area contributed by atoms with E-state index in [-0.39, 0.29) is 11.8 Å². The first-order valence-corrected chi connectivity index (χ1v) is 11.7. The molecule has 4 aromatic rings. The average Bonchev–Trinajstić information content (AvgIpc) is 3.01. The molecular formula is C28H24F3N5O. The van der Waals surface area contributed by atoms with Crippen molar-refractivity contribution in [3.05, 3.63) is 90.8 Å². The number of halogens is 3. The summed E-state index contributed by atoms with van der Waals surface area (Å²) in [6.07, 6.45) is 0.489. The smallest absolute Gasteiger partial charge is 0.406 e. The van der Waals surface area contributed by atoms with Gasteiger partial charge in [-0.15, -0.1) is 13.2 Å². The van der Waals surface area contributed by atoms with Crippen molar-refractivity contribution in [2.24, 2.45) is 4.99 Å². The van der Waals surface area contributed by atoms with E-state index in [4.69, 9.17) is 4.99 Å². The number of hydrogen-bond donors (Lipinski definition) is 2. The summed E-state index contributed by atoms with van der Waals surface area (Å²) in [5.41, 5.74) is 6.36. The number of para-hydroxylation sites is 2. The van der Waals surface area contributed by atoms with E-state index in [1.807, 2.05) is 67.3 Å². The molecule has 1 aromatic heterocycles. The topological polar surface area (TPSA) is 61.8 Å². The summed E-state index contributed by atoms with van der Waals surface area (Å²) in [5.74, 6) is -0.283. The Balaban J connectivity index is 1.64.